The lowest BCUT2D eigenvalue weighted by molar-refractivity contribution is 0.0777. The second kappa shape index (κ2) is 6.19. The minimum atomic E-state index is -0.566. The molecule has 8 heteroatoms. The highest BCUT2D eigenvalue weighted by molar-refractivity contribution is 7.98. The molecule has 0 aromatic heterocycles. The first-order valence-corrected chi connectivity index (χ1v) is 8.61. The highest BCUT2D eigenvalue weighted by atomic mass is 35.5. The molecular formula is C15H7Cl4NO2S. The first kappa shape index (κ1) is 16.9. The van der Waals surface area contributed by atoms with Crippen LogP contribution in [0.1, 0.15) is 26.3 Å². The summed E-state index contributed by atoms with van der Waals surface area (Å²) in [6.07, 6.45) is 0. The summed E-state index contributed by atoms with van der Waals surface area (Å²) in [6.45, 7) is 1.88. The minimum absolute atomic E-state index is 0.0165. The summed E-state index contributed by atoms with van der Waals surface area (Å²) in [7, 11) is 0. The summed E-state index contributed by atoms with van der Waals surface area (Å²) >= 11 is 25.1. The van der Waals surface area contributed by atoms with Crippen LogP contribution in [-0.2, 0) is 0 Å². The van der Waals surface area contributed by atoms with Gasteiger partial charge >= 0.3 is 0 Å². The molecule has 0 spiro atoms. The number of benzene rings is 2. The number of hydrogen-bond donors (Lipinski definition) is 0. The maximum atomic E-state index is 12.6. The Labute approximate surface area is 156 Å². The Balaban J connectivity index is 2.10. The summed E-state index contributed by atoms with van der Waals surface area (Å²) in [5, 5.41) is -0.216. The lowest BCUT2D eigenvalue weighted by atomic mass is 10.1. The molecule has 1 aliphatic rings. The van der Waals surface area contributed by atoms with Crippen molar-refractivity contribution in [2.45, 2.75) is 11.8 Å². The van der Waals surface area contributed by atoms with Crippen LogP contribution in [0.5, 0.6) is 0 Å². The topological polar surface area (TPSA) is 37.4 Å². The number of nitrogens with zero attached hydrogens (tertiary/aromatic N) is 1. The van der Waals surface area contributed by atoms with Crippen molar-refractivity contribution in [2.24, 2.45) is 0 Å². The number of carbonyl (C=O) groups is 2. The van der Waals surface area contributed by atoms with Crippen LogP contribution in [0.3, 0.4) is 0 Å². The monoisotopic (exact) mass is 405 g/mol. The molecule has 0 saturated heterocycles. The fourth-order valence-electron chi connectivity index (χ4n) is 2.17. The predicted octanol–water partition coefficient (Wildman–Crippen LogP) is 5.91. The van der Waals surface area contributed by atoms with Gasteiger partial charge in [0.05, 0.1) is 31.2 Å². The maximum absolute atomic E-state index is 12.6. The van der Waals surface area contributed by atoms with Crippen LogP contribution in [0.15, 0.2) is 29.2 Å². The summed E-state index contributed by atoms with van der Waals surface area (Å²) < 4.78 is 1.01. The van der Waals surface area contributed by atoms with E-state index < -0.39 is 11.8 Å². The fraction of sp³-hybridized carbons (Fsp3) is 0.0667. The van der Waals surface area contributed by atoms with E-state index in [0.717, 1.165) is 26.7 Å². The number of fused-ring (bicyclic) bond motifs is 1. The van der Waals surface area contributed by atoms with Crippen molar-refractivity contribution in [3.05, 3.63) is 61.0 Å². The molecule has 0 radical (unpaired) electrons. The van der Waals surface area contributed by atoms with E-state index in [1.165, 1.54) is 0 Å². The molecule has 0 N–H and O–H groups in total. The zero-order valence-electron chi connectivity index (χ0n) is 11.5. The normalized spacial score (nSPS) is 13.7. The summed E-state index contributed by atoms with van der Waals surface area (Å²) in [5.74, 6) is -1.13. The number of hydrogen-bond acceptors (Lipinski definition) is 3. The largest absolute Gasteiger partial charge is 0.273 e. The van der Waals surface area contributed by atoms with Gasteiger partial charge in [-0.1, -0.05) is 64.6 Å². The predicted molar refractivity (Wildman–Crippen MR) is 94.0 cm³/mol. The van der Waals surface area contributed by atoms with Gasteiger partial charge in [0.25, 0.3) is 11.8 Å². The zero-order chi connectivity index (χ0) is 16.9. The van der Waals surface area contributed by atoms with Crippen molar-refractivity contribution in [3.8, 4) is 0 Å². The Hall–Kier alpha value is -0.910. The molecule has 3 nitrogen and oxygen atoms in total. The van der Waals surface area contributed by atoms with Crippen LogP contribution in [-0.4, -0.2) is 16.1 Å². The highest BCUT2D eigenvalue weighted by Crippen LogP contribution is 2.46. The summed E-state index contributed by atoms with van der Waals surface area (Å²) in [5.41, 5.74) is 0.900. The number of amides is 2. The van der Waals surface area contributed by atoms with Crippen molar-refractivity contribution in [3.63, 3.8) is 0 Å². The van der Waals surface area contributed by atoms with E-state index in [2.05, 4.69) is 0 Å². The molecule has 1 aliphatic heterocycles. The van der Waals surface area contributed by atoms with Crippen molar-refractivity contribution >= 4 is 70.2 Å². The maximum Gasteiger partial charge on any atom is 0.273 e. The Morgan fingerprint density at radius 2 is 1.30 bits per heavy atom. The summed E-state index contributed by atoms with van der Waals surface area (Å²) in [4.78, 5) is 26.0. The minimum Gasteiger partial charge on any atom is -0.268 e. The van der Waals surface area contributed by atoms with Crippen LogP contribution >= 0.6 is 58.4 Å². The first-order chi connectivity index (χ1) is 10.8. The number of rotatable bonds is 2. The SMILES string of the molecule is Cc1ccccc1SN1C(=O)c2c(Cl)c(Cl)c(Cl)c(Cl)c2C1=O. The van der Waals surface area contributed by atoms with Gasteiger partial charge in [-0.3, -0.25) is 9.59 Å². The third kappa shape index (κ3) is 2.63. The smallest absolute Gasteiger partial charge is 0.268 e. The molecular weight excluding hydrogens is 400 g/mol. The molecule has 0 atom stereocenters. The van der Waals surface area contributed by atoms with Gasteiger partial charge in [0.15, 0.2) is 0 Å². The lowest BCUT2D eigenvalue weighted by Gasteiger charge is -2.13. The molecule has 2 aromatic rings. The molecule has 0 bridgehead atoms. The van der Waals surface area contributed by atoms with Gasteiger partial charge < -0.3 is 0 Å². The van der Waals surface area contributed by atoms with E-state index in [1.807, 2.05) is 31.2 Å². The van der Waals surface area contributed by atoms with Gasteiger partial charge in [-0.25, -0.2) is 4.31 Å². The Morgan fingerprint density at radius 1 is 0.826 bits per heavy atom. The van der Waals surface area contributed by atoms with Crippen molar-refractivity contribution < 1.29 is 9.59 Å². The molecule has 0 aliphatic carbocycles. The van der Waals surface area contributed by atoms with Crippen LogP contribution in [0, 0.1) is 6.92 Å². The van der Waals surface area contributed by atoms with E-state index in [-0.39, 0.29) is 31.2 Å². The second-order valence-corrected chi connectivity index (χ2v) is 7.27. The van der Waals surface area contributed by atoms with Gasteiger partial charge in [0.1, 0.15) is 0 Å². The standard InChI is InChI=1S/C15H7Cl4NO2S/c1-6-4-2-3-5-7(6)23-20-14(21)8-9(15(20)22)11(17)13(19)12(18)10(8)16/h2-5H,1H3. The fourth-order valence-corrected chi connectivity index (χ4v) is 4.08. The van der Waals surface area contributed by atoms with E-state index in [1.54, 1.807) is 0 Å². The zero-order valence-corrected chi connectivity index (χ0v) is 15.3. The van der Waals surface area contributed by atoms with Crippen LogP contribution in [0.25, 0.3) is 0 Å². The van der Waals surface area contributed by atoms with E-state index in [9.17, 15) is 9.59 Å². The van der Waals surface area contributed by atoms with Crippen LogP contribution in [0.2, 0.25) is 20.1 Å². The van der Waals surface area contributed by atoms with Crippen molar-refractivity contribution in [2.75, 3.05) is 0 Å². The highest BCUT2D eigenvalue weighted by Gasteiger charge is 2.42. The molecule has 0 fully saturated rings. The van der Waals surface area contributed by atoms with Crippen molar-refractivity contribution in [1.82, 2.24) is 4.31 Å². The lowest BCUT2D eigenvalue weighted by Crippen LogP contribution is -2.22. The first-order valence-electron chi connectivity index (χ1n) is 6.33. The molecule has 118 valence electrons. The molecule has 0 unspecified atom stereocenters. The molecule has 23 heavy (non-hydrogen) atoms. The molecule has 1 heterocycles. The molecule has 2 aromatic carbocycles. The third-order valence-electron chi connectivity index (χ3n) is 3.35. The number of carbonyl (C=O) groups excluding carboxylic acids is 2. The molecule has 0 saturated carbocycles. The molecule has 2 amide bonds. The van der Waals surface area contributed by atoms with Crippen LogP contribution < -0.4 is 0 Å². The van der Waals surface area contributed by atoms with Gasteiger partial charge in [0, 0.05) is 4.90 Å². The molecule has 3 rings (SSSR count). The van der Waals surface area contributed by atoms with E-state index in [0.29, 0.717) is 0 Å². The quantitative estimate of drug-likeness (QED) is 0.269. The Kier molecular flexibility index (Phi) is 4.55. The third-order valence-corrected chi connectivity index (χ3v) is 6.32. The second-order valence-electron chi connectivity index (χ2n) is 4.77. The van der Waals surface area contributed by atoms with Crippen molar-refractivity contribution in [1.29, 1.82) is 0 Å². The van der Waals surface area contributed by atoms with Gasteiger partial charge in [-0.05, 0) is 30.5 Å². The van der Waals surface area contributed by atoms with Crippen LogP contribution in [0.4, 0.5) is 0 Å². The number of aryl methyl sites for hydroxylation is 1. The van der Waals surface area contributed by atoms with E-state index in [4.69, 9.17) is 46.4 Å². The van der Waals surface area contributed by atoms with Gasteiger partial charge in [-0.15, -0.1) is 0 Å². The van der Waals surface area contributed by atoms with Gasteiger partial charge in [-0.2, -0.15) is 0 Å². The summed E-state index contributed by atoms with van der Waals surface area (Å²) in [6, 6.07) is 7.39. The van der Waals surface area contributed by atoms with E-state index >= 15 is 0 Å². The average Bonchev–Trinajstić information content (AvgIpc) is 2.77. The average molecular weight is 407 g/mol. The Bertz CT molecular complexity index is 822. The number of halogens is 4. The van der Waals surface area contributed by atoms with Gasteiger partial charge in [0.2, 0.25) is 0 Å². The Morgan fingerprint density at radius 3 is 1.78 bits per heavy atom. The number of imide groups is 1.